The molecule has 1 atom stereocenters. The molecule has 2 fully saturated rings. The third kappa shape index (κ3) is 3.18. The Bertz CT molecular complexity index is 458. The summed E-state index contributed by atoms with van der Waals surface area (Å²) < 4.78 is 0. The molecule has 1 aromatic rings. The van der Waals surface area contributed by atoms with Crippen molar-refractivity contribution in [1.82, 2.24) is 14.8 Å². The molecule has 0 bridgehead atoms. The van der Waals surface area contributed by atoms with Crippen molar-refractivity contribution in [1.29, 1.82) is 0 Å². The van der Waals surface area contributed by atoms with Crippen molar-refractivity contribution in [3.63, 3.8) is 0 Å². The van der Waals surface area contributed by atoms with Gasteiger partial charge in [0.1, 0.15) is 0 Å². The maximum Gasteiger partial charge on any atom is 0.225 e. The summed E-state index contributed by atoms with van der Waals surface area (Å²) in [6, 6.07) is 4.53. The van der Waals surface area contributed by atoms with Crippen molar-refractivity contribution in [2.45, 2.75) is 38.3 Å². The largest absolute Gasteiger partial charge is 0.341 e. The van der Waals surface area contributed by atoms with Crippen LogP contribution in [0.4, 0.5) is 0 Å². The van der Waals surface area contributed by atoms with Crippen LogP contribution in [0, 0.1) is 5.92 Å². The van der Waals surface area contributed by atoms with Crippen molar-refractivity contribution in [2.75, 3.05) is 20.1 Å². The van der Waals surface area contributed by atoms with Crippen molar-refractivity contribution in [2.24, 2.45) is 5.92 Å². The van der Waals surface area contributed by atoms with E-state index in [1.165, 1.54) is 12.0 Å². The second-order valence-electron chi connectivity index (χ2n) is 6.11. The maximum absolute atomic E-state index is 12.2. The molecular weight excluding hydrogens is 250 g/mol. The third-order valence-corrected chi connectivity index (χ3v) is 4.46. The highest BCUT2D eigenvalue weighted by atomic mass is 16.2. The highest BCUT2D eigenvalue weighted by molar-refractivity contribution is 5.81. The Morgan fingerprint density at radius 3 is 2.80 bits per heavy atom. The summed E-state index contributed by atoms with van der Waals surface area (Å²) >= 11 is 0. The fourth-order valence-corrected chi connectivity index (χ4v) is 3.04. The molecule has 1 aliphatic heterocycles. The molecule has 20 heavy (non-hydrogen) atoms. The van der Waals surface area contributed by atoms with Crippen LogP contribution in [0.25, 0.3) is 0 Å². The molecule has 1 amide bonds. The Labute approximate surface area is 120 Å². The molecule has 2 aliphatic rings. The van der Waals surface area contributed by atoms with Crippen molar-refractivity contribution >= 4 is 5.91 Å². The summed E-state index contributed by atoms with van der Waals surface area (Å²) in [5.41, 5.74) is 1.30. The number of amides is 1. The lowest BCUT2D eigenvalue weighted by Gasteiger charge is -2.37. The number of carbonyl (C=O) groups is 1. The molecule has 1 aromatic heterocycles. The van der Waals surface area contributed by atoms with Gasteiger partial charge in [0.15, 0.2) is 0 Å². The van der Waals surface area contributed by atoms with Crippen LogP contribution < -0.4 is 0 Å². The molecular formula is C16H23N3O. The summed E-state index contributed by atoms with van der Waals surface area (Å²) in [6.45, 7) is 3.09. The molecule has 4 nitrogen and oxygen atoms in total. The maximum atomic E-state index is 12.2. The van der Waals surface area contributed by atoms with E-state index in [0.717, 1.165) is 38.9 Å². The smallest absolute Gasteiger partial charge is 0.225 e. The van der Waals surface area contributed by atoms with Crippen LogP contribution in [0.3, 0.4) is 0 Å². The molecule has 0 spiro atoms. The van der Waals surface area contributed by atoms with E-state index in [2.05, 4.69) is 22.0 Å². The van der Waals surface area contributed by atoms with Gasteiger partial charge in [-0.3, -0.25) is 14.7 Å². The average molecular weight is 273 g/mol. The number of nitrogens with zero attached hydrogens (tertiary/aromatic N) is 3. The Morgan fingerprint density at radius 1 is 1.35 bits per heavy atom. The first-order chi connectivity index (χ1) is 9.74. The number of likely N-dealkylation sites (N-methyl/N-ethyl adjacent to an activating group) is 1. The minimum absolute atomic E-state index is 0.329. The minimum Gasteiger partial charge on any atom is -0.341 e. The molecule has 0 aromatic carbocycles. The normalized spacial score (nSPS) is 23.6. The van der Waals surface area contributed by atoms with Crippen LogP contribution in [0.1, 0.15) is 31.2 Å². The fraction of sp³-hybridized carbons (Fsp3) is 0.625. The molecule has 0 N–H and O–H groups in total. The molecule has 0 radical (unpaired) electrons. The Kier molecular flexibility index (Phi) is 4.01. The molecule has 3 rings (SSSR count). The van der Waals surface area contributed by atoms with E-state index in [0.29, 0.717) is 17.9 Å². The van der Waals surface area contributed by atoms with E-state index in [-0.39, 0.29) is 0 Å². The molecule has 1 saturated carbocycles. The lowest BCUT2D eigenvalue weighted by molar-refractivity contribution is -0.134. The molecule has 2 heterocycles. The number of aromatic nitrogens is 1. The predicted molar refractivity (Wildman–Crippen MR) is 78.0 cm³/mol. The van der Waals surface area contributed by atoms with Gasteiger partial charge in [0.05, 0.1) is 0 Å². The first-order valence-electron chi connectivity index (χ1n) is 7.62. The summed E-state index contributed by atoms with van der Waals surface area (Å²) in [6.07, 6.45) is 8.20. The third-order valence-electron chi connectivity index (χ3n) is 4.46. The number of pyridine rings is 1. The van der Waals surface area contributed by atoms with E-state index in [1.807, 2.05) is 24.3 Å². The summed E-state index contributed by atoms with van der Waals surface area (Å²) in [4.78, 5) is 20.7. The van der Waals surface area contributed by atoms with Crippen molar-refractivity contribution in [3.8, 4) is 0 Å². The minimum atomic E-state index is 0.329. The monoisotopic (exact) mass is 273 g/mol. The van der Waals surface area contributed by atoms with Crippen LogP contribution in [0.15, 0.2) is 24.5 Å². The van der Waals surface area contributed by atoms with E-state index in [4.69, 9.17) is 0 Å². The van der Waals surface area contributed by atoms with Gasteiger partial charge >= 0.3 is 0 Å². The topological polar surface area (TPSA) is 36.4 Å². The van der Waals surface area contributed by atoms with E-state index >= 15 is 0 Å². The van der Waals surface area contributed by atoms with E-state index in [1.54, 1.807) is 0 Å². The van der Waals surface area contributed by atoms with Gasteiger partial charge in [-0.25, -0.2) is 0 Å². The highest BCUT2D eigenvalue weighted by Crippen LogP contribution is 2.32. The zero-order valence-electron chi connectivity index (χ0n) is 12.2. The number of hydrogen-bond acceptors (Lipinski definition) is 3. The lowest BCUT2D eigenvalue weighted by atomic mass is 10.0. The van der Waals surface area contributed by atoms with Gasteiger partial charge in [0.25, 0.3) is 0 Å². The van der Waals surface area contributed by atoms with Crippen molar-refractivity contribution in [3.05, 3.63) is 30.1 Å². The van der Waals surface area contributed by atoms with Crippen LogP contribution in [0.5, 0.6) is 0 Å². The first-order valence-corrected chi connectivity index (χ1v) is 7.62. The molecule has 108 valence electrons. The summed E-state index contributed by atoms with van der Waals surface area (Å²) in [7, 11) is 1.99. The van der Waals surface area contributed by atoms with Crippen LogP contribution in [0.2, 0.25) is 0 Å². The molecule has 4 heteroatoms. The van der Waals surface area contributed by atoms with Gasteiger partial charge < -0.3 is 4.90 Å². The number of hydrogen-bond donors (Lipinski definition) is 0. The highest BCUT2D eigenvalue weighted by Gasteiger charge is 2.35. The zero-order chi connectivity index (χ0) is 13.9. The van der Waals surface area contributed by atoms with Gasteiger partial charge in [-0.2, -0.15) is 0 Å². The van der Waals surface area contributed by atoms with E-state index < -0.39 is 0 Å². The average Bonchev–Trinajstić information content (AvgIpc) is 3.32. The van der Waals surface area contributed by atoms with Crippen LogP contribution in [-0.4, -0.2) is 46.9 Å². The predicted octanol–water partition coefficient (Wildman–Crippen LogP) is 1.91. The number of likely N-dealkylation sites (tertiary alicyclic amines) is 1. The second kappa shape index (κ2) is 5.92. The molecule has 1 saturated heterocycles. The molecule has 1 aliphatic carbocycles. The van der Waals surface area contributed by atoms with Gasteiger partial charge in [0, 0.05) is 44.5 Å². The lowest BCUT2D eigenvalue weighted by Crippen LogP contribution is -2.48. The quantitative estimate of drug-likeness (QED) is 0.841. The number of carbonyl (C=O) groups excluding carboxylic acids is 1. The first kappa shape index (κ1) is 13.6. The Balaban J connectivity index is 1.57. The van der Waals surface area contributed by atoms with Gasteiger partial charge in [-0.15, -0.1) is 0 Å². The number of piperidine rings is 1. The van der Waals surface area contributed by atoms with Crippen LogP contribution >= 0.6 is 0 Å². The molecule has 1 unspecified atom stereocenters. The Hall–Kier alpha value is -1.42. The van der Waals surface area contributed by atoms with Gasteiger partial charge in [-0.1, -0.05) is 0 Å². The second-order valence-corrected chi connectivity index (χ2v) is 6.11. The number of rotatable bonds is 4. The van der Waals surface area contributed by atoms with Gasteiger partial charge in [0.2, 0.25) is 5.91 Å². The SMILES string of the molecule is CN(C(=O)C1CC1)C1CCCN(Cc2ccncc2)C1. The van der Waals surface area contributed by atoms with Gasteiger partial charge in [-0.05, 0) is 49.9 Å². The standard InChI is InChI=1S/C16H23N3O/c1-18(16(20)14-4-5-14)15-3-2-10-19(12-15)11-13-6-8-17-9-7-13/h6-9,14-15H,2-5,10-12H2,1H3. The Morgan fingerprint density at radius 2 is 2.10 bits per heavy atom. The van der Waals surface area contributed by atoms with Crippen molar-refractivity contribution < 1.29 is 4.79 Å². The summed E-state index contributed by atoms with van der Waals surface area (Å²) in [5, 5.41) is 0. The summed E-state index contributed by atoms with van der Waals surface area (Å²) in [5.74, 6) is 0.691. The van der Waals surface area contributed by atoms with E-state index in [9.17, 15) is 4.79 Å². The fourth-order valence-electron chi connectivity index (χ4n) is 3.04. The zero-order valence-corrected chi connectivity index (χ0v) is 12.2. The van der Waals surface area contributed by atoms with Crippen LogP contribution in [-0.2, 0) is 11.3 Å².